The summed E-state index contributed by atoms with van der Waals surface area (Å²) < 4.78 is 4.50. The van der Waals surface area contributed by atoms with Gasteiger partial charge >= 0.3 is 0 Å². The Morgan fingerprint density at radius 2 is 0.854 bits per heavy atom. The molecule has 7 aromatic carbocycles. The predicted octanol–water partition coefficient (Wildman–Crippen LogP) is 11.0. The maximum atomic E-state index is 10.6. The van der Waals surface area contributed by atoms with Gasteiger partial charge in [-0.1, -0.05) is 109 Å². The molecule has 0 radical (unpaired) electrons. The number of para-hydroxylation sites is 4. The molecule has 0 atom stereocenters. The molecule has 222 valence electrons. The first kappa shape index (κ1) is 27.4. The Morgan fingerprint density at radius 3 is 1.48 bits per heavy atom. The van der Waals surface area contributed by atoms with Gasteiger partial charge in [-0.05, 0) is 59.7 Å². The molecule has 0 aliphatic rings. The van der Waals surface area contributed by atoms with E-state index in [2.05, 4.69) is 130 Å². The molecule has 0 spiro atoms. The molecular formula is C44H26N4. The van der Waals surface area contributed by atoms with Crippen molar-refractivity contribution in [2.24, 2.45) is 0 Å². The van der Waals surface area contributed by atoms with E-state index in [1.807, 2.05) is 48.5 Å². The fourth-order valence-electron chi connectivity index (χ4n) is 7.31. The van der Waals surface area contributed by atoms with Gasteiger partial charge in [-0.25, -0.2) is 0 Å². The Bertz CT molecular complexity index is 2750. The smallest absolute Gasteiger partial charge is 0.102 e. The second-order valence-corrected chi connectivity index (χ2v) is 12.0. The molecule has 4 nitrogen and oxygen atoms in total. The van der Waals surface area contributed by atoms with Crippen molar-refractivity contribution in [2.45, 2.75) is 0 Å². The minimum Gasteiger partial charge on any atom is -0.309 e. The number of fused-ring (bicyclic) bond motifs is 6. The Labute approximate surface area is 277 Å². The van der Waals surface area contributed by atoms with Gasteiger partial charge < -0.3 is 9.13 Å². The number of nitrogens with zero attached hydrogens (tertiary/aromatic N) is 4. The van der Waals surface area contributed by atoms with E-state index < -0.39 is 0 Å². The summed E-state index contributed by atoms with van der Waals surface area (Å²) in [6.45, 7) is 0. The summed E-state index contributed by atoms with van der Waals surface area (Å²) in [5.74, 6) is 0. The topological polar surface area (TPSA) is 57.4 Å². The fraction of sp³-hybridized carbons (Fsp3) is 0. The van der Waals surface area contributed by atoms with E-state index >= 15 is 0 Å². The van der Waals surface area contributed by atoms with Gasteiger partial charge in [-0.15, -0.1) is 0 Å². The van der Waals surface area contributed by atoms with E-state index in [-0.39, 0.29) is 0 Å². The minimum atomic E-state index is 0.600. The van der Waals surface area contributed by atoms with Gasteiger partial charge in [-0.3, -0.25) is 0 Å². The zero-order valence-corrected chi connectivity index (χ0v) is 25.8. The van der Waals surface area contributed by atoms with Crippen LogP contribution in [0.15, 0.2) is 158 Å². The number of rotatable bonds is 4. The molecule has 0 N–H and O–H groups in total. The highest BCUT2D eigenvalue weighted by molar-refractivity contribution is 6.11. The Balaban J connectivity index is 1.18. The second kappa shape index (κ2) is 10.9. The van der Waals surface area contributed by atoms with Crippen LogP contribution in [-0.2, 0) is 0 Å². The highest BCUT2D eigenvalue weighted by Gasteiger charge is 2.19. The average Bonchev–Trinajstić information content (AvgIpc) is 3.67. The summed E-state index contributed by atoms with van der Waals surface area (Å²) in [5, 5.41) is 24.7. The van der Waals surface area contributed by atoms with Gasteiger partial charge in [0, 0.05) is 32.7 Å². The molecule has 9 aromatic rings. The van der Waals surface area contributed by atoms with Crippen LogP contribution in [0.4, 0.5) is 0 Å². The van der Waals surface area contributed by atoms with Gasteiger partial charge in [0.15, 0.2) is 0 Å². The molecule has 48 heavy (non-hydrogen) atoms. The highest BCUT2D eigenvalue weighted by Crippen LogP contribution is 2.39. The highest BCUT2D eigenvalue weighted by atomic mass is 15.0. The molecule has 2 aromatic heterocycles. The molecule has 4 heteroatoms. The van der Waals surface area contributed by atoms with Crippen LogP contribution in [0.5, 0.6) is 0 Å². The largest absolute Gasteiger partial charge is 0.309 e. The van der Waals surface area contributed by atoms with Crippen molar-refractivity contribution in [1.82, 2.24) is 9.13 Å². The molecule has 0 unspecified atom stereocenters. The van der Waals surface area contributed by atoms with Crippen LogP contribution < -0.4 is 0 Å². The molecule has 0 bridgehead atoms. The summed E-state index contributed by atoms with van der Waals surface area (Å²) in [5.41, 5.74) is 11.5. The molecule has 0 saturated heterocycles. The minimum absolute atomic E-state index is 0.600. The maximum absolute atomic E-state index is 10.6. The normalized spacial score (nSPS) is 11.3. The average molecular weight is 611 g/mol. The summed E-state index contributed by atoms with van der Waals surface area (Å²) in [4.78, 5) is 0. The second-order valence-electron chi connectivity index (χ2n) is 12.0. The first-order chi connectivity index (χ1) is 23.7. The number of aromatic nitrogens is 2. The zero-order valence-electron chi connectivity index (χ0n) is 25.8. The Kier molecular flexibility index (Phi) is 6.22. The van der Waals surface area contributed by atoms with E-state index in [4.69, 9.17) is 0 Å². The van der Waals surface area contributed by atoms with Crippen LogP contribution in [-0.4, -0.2) is 9.13 Å². The third-order valence-electron chi connectivity index (χ3n) is 9.43. The lowest BCUT2D eigenvalue weighted by Gasteiger charge is -2.15. The van der Waals surface area contributed by atoms with Crippen LogP contribution in [0, 0.1) is 22.7 Å². The van der Waals surface area contributed by atoms with Gasteiger partial charge in [-0.2, -0.15) is 10.5 Å². The molecule has 0 fully saturated rings. The van der Waals surface area contributed by atoms with Crippen molar-refractivity contribution in [1.29, 1.82) is 10.5 Å². The molecule has 0 amide bonds. The van der Waals surface area contributed by atoms with E-state index in [1.54, 1.807) is 0 Å². The van der Waals surface area contributed by atoms with Crippen LogP contribution in [0.25, 0.3) is 77.2 Å². The van der Waals surface area contributed by atoms with Crippen LogP contribution >= 0.6 is 0 Å². The summed E-state index contributed by atoms with van der Waals surface area (Å²) in [6.07, 6.45) is 0. The molecule has 0 aliphatic heterocycles. The van der Waals surface area contributed by atoms with Gasteiger partial charge in [0.2, 0.25) is 0 Å². The van der Waals surface area contributed by atoms with E-state index in [1.165, 1.54) is 21.8 Å². The third kappa shape index (κ3) is 4.07. The van der Waals surface area contributed by atoms with E-state index in [0.717, 1.165) is 55.4 Å². The van der Waals surface area contributed by atoms with Crippen molar-refractivity contribution in [2.75, 3.05) is 0 Å². The summed E-state index contributed by atoms with van der Waals surface area (Å²) in [6, 6.07) is 58.9. The van der Waals surface area contributed by atoms with Crippen molar-refractivity contribution in [3.63, 3.8) is 0 Å². The molecule has 0 saturated carbocycles. The number of benzene rings is 7. The third-order valence-corrected chi connectivity index (χ3v) is 9.43. The first-order valence-electron chi connectivity index (χ1n) is 15.9. The number of hydrogen-bond donors (Lipinski definition) is 0. The van der Waals surface area contributed by atoms with Gasteiger partial charge in [0.25, 0.3) is 0 Å². The van der Waals surface area contributed by atoms with Gasteiger partial charge in [0.1, 0.15) is 6.07 Å². The Hall–Kier alpha value is -6.88. The van der Waals surface area contributed by atoms with E-state index in [9.17, 15) is 10.5 Å². The number of hydrogen-bond acceptors (Lipinski definition) is 2. The summed E-state index contributed by atoms with van der Waals surface area (Å²) >= 11 is 0. The molecular weight excluding hydrogens is 585 g/mol. The Morgan fingerprint density at radius 1 is 0.375 bits per heavy atom. The standard InChI is InChI=1S/C44H26N4/c45-27-29-20-25-44-37(26-29)36-13-4-8-18-42(36)48(44)43-19-9-14-32(38(43)28-46)30-21-23-31(24-22-30)33-10-1-5-15-39(33)47-40-16-6-2-11-34(40)35-12-3-7-17-41(35)47/h1-26H. The van der Waals surface area contributed by atoms with Crippen molar-refractivity contribution in [3.8, 4) is 45.8 Å². The zero-order chi connectivity index (χ0) is 32.2. The summed E-state index contributed by atoms with van der Waals surface area (Å²) in [7, 11) is 0. The van der Waals surface area contributed by atoms with Crippen molar-refractivity contribution < 1.29 is 0 Å². The fourth-order valence-corrected chi connectivity index (χ4v) is 7.31. The van der Waals surface area contributed by atoms with Crippen LogP contribution in [0.3, 0.4) is 0 Å². The lowest BCUT2D eigenvalue weighted by atomic mass is 9.95. The SMILES string of the molecule is N#Cc1ccc2c(c1)c1ccccc1n2-c1cccc(-c2ccc(-c3ccccc3-n3c4ccccc4c4ccccc43)cc2)c1C#N. The number of nitriles is 2. The lowest BCUT2D eigenvalue weighted by molar-refractivity contribution is 1.17. The van der Waals surface area contributed by atoms with Crippen molar-refractivity contribution in [3.05, 3.63) is 169 Å². The molecule has 2 heterocycles. The van der Waals surface area contributed by atoms with E-state index in [0.29, 0.717) is 11.1 Å². The lowest BCUT2D eigenvalue weighted by Crippen LogP contribution is -1.99. The van der Waals surface area contributed by atoms with Crippen LogP contribution in [0.2, 0.25) is 0 Å². The first-order valence-corrected chi connectivity index (χ1v) is 15.9. The quantitative estimate of drug-likeness (QED) is 0.199. The monoisotopic (exact) mass is 610 g/mol. The maximum Gasteiger partial charge on any atom is 0.102 e. The molecule has 0 aliphatic carbocycles. The van der Waals surface area contributed by atoms with Crippen molar-refractivity contribution >= 4 is 43.6 Å². The van der Waals surface area contributed by atoms with Gasteiger partial charge in [0.05, 0.1) is 50.6 Å². The molecule has 9 rings (SSSR count). The van der Waals surface area contributed by atoms with Crippen LogP contribution in [0.1, 0.15) is 11.1 Å². The predicted molar refractivity (Wildman–Crippen MR) is 195 cm³/mol.